The van der Waals surface area contributed by atoms with Crippen molar-refractivity contribution in [3.63, 3.8) is 0 Å². The van der Waals surface area contributed by atoms with E-state index >= 15 is 0 Å². The standard InChI is InChI=1S/C34H35F2N9O4S2/c1-20(2)33(46)45-22-7-8-23(45)19-42(18-22)27-16-25(15-26-28(41-43(14-13-37)29(26)27)31-39-40-32(50-31)30(35)36)51(47,48)44(34(38-3)11-12-34)17-21-5-9-24(49-4)10-6-21/h5-6,9-10,15-16,20,22-23,30H,7-8,11-12,14,17-19H2,1-2,4H3. The second-order valence-electron chi connectivity index (χ2n) is 13.4. The summed E-state index contributed by atoms with van der Waals surface area (Å²) in [5, 5.41) is 21.9. The number of ether oxygens (including phenoxy) is 1. The van der Waals surface area contributed by atoms with Gasteiger partial charge >= 0.3 is 5.66 Å². The van der Waals surface area contributed by atoms with Gasteiger partial charge in [-0.2, -0.15) is 10.4 Å². The van der Waals surface area contributed by atoms with Crippen LogP contribution in [-0.4, -0.2) is 81.5 Å². The van der Waals surface area contributed by atoms with Crippen molar-refractivity contribution < 1.29 is 26.7 Å². The molecular formula is C34H35F2N9O4S2. The van der Waals surface area contributed by atoms with Crippen LogP contribution in [0.1, 0.15) is 56.5 Å². The van der Waals surface area contributed by atoms with Crippen LogP contribution in [0.3, 0.4) is 0 Å². The summed E-state index contributed by atoms with van der Waals surface area (Å²) < 4.78 is 65.0. The maximum atomic E-state index is 14.9. The highest BCUT2D eigenvalue weighted by Gasteiger charge is 2.61. The van der Waals surface area contributed by atoms with E-state index in [0.717, 1.165) is 12.8 Å². The molecule has 2 unspecified atom stereocenters. The first-order valence-corrected chi connectivity index (χ1v) is 18.8. The summed E-state index contributed by atoms with van der Waals surface area (Å²) in [7, 11) is -2.85. The van der Waals surface area contributed by atoms with E-state index in [0.29, 0.717) is 65.2 Å². The number of aromatic nitrogens is 4. The lowest BCUT2D eigenvalue weighted by Gasteiger charge is -2.43. The Hall–Kier alpha value is -4.71. The summed E-state index contributed by atoms with van der Waals surface area (Å²) in [4.78, 5) is 20.9. The minimum absolute atomic E-state index is 0.0508. The van der Waals surface area contributed by atoms with E-state index in [2.05, 4.69) is 26.2 Å². The molecule has 2 atom stereocenters. The summed E-state index contributed by atoms with van der Waals surface area (Å²) >= 11 is 0.642. The average molecular weight is 736 g/mol. The molecule has 13 nitrogen and oxygen atoms in total. The lowest BCUT2D eigenvalue weighted by molar-refractivity contribution is -0.137. The first kappa shape index (κ1) is 34.7. The van der Waals surface area contributed by atoms with Crippen LogP contribution in [0.4, 0.5) is 14.5 Å². The van der Waals surface area contributed by atoms with Crippen LogP contribution in [0, 0.1) is 23.8 Å². The van der Waals surface area contributed by atoms with E-state index in [1.54, 1.807) is 30.3 Å². The molecule has 7 rings (SSSR count). The van der Waals surface area contributed by atoms with Crippen LogP contribution in [0.5, 0.6) is 5.75 Å². The number of amides is 1. The molecule has 0 spiro atoms. The number of fused-ring (bicyclic) bond motifs is 3. The molecule has 1 aliphatic carbocycles. The van der Waals surface area contributed by atoms with Crippen molar-refractivity contribution in [3.05, 3.63) is 58.4 Å². The molecule has 266 valence electrons. The number of carbonyl (C=O) groups excluding carboxylic acids is 1. The Morgan fingerprint density at radius 3 is 2.41 bits per heavy atom. The predicted octanol–water partition coefficient (Wildman–Crippen LogP) is 5.46. The third kappa shape index (κ3) is 6.07. The molecule has 1 amide bonds. The van der Waals surface area contributed by atoms with Crippen LogP contribution in [0.15, 0.2) is 41.3 Å². The fraction of sp³-hybridized carbons (Fsp3) is 0.471. The van der Waals surface area contributed by atoms with Gasteiger partial charge in [-0.1, -0.05) is 37.3 Å². The number of methoxy groups -OCH3 is 1. The number of sulfonamides is 1. The first-order chi connectivity index (χ1) is 24.4. The topological polar surface area (TPSA) is 142 Å². The molecule has 0 N–H and O–H groups in total. The number of rotatable bonds is 11. The molecule has 3 fully saturated rings. The molecule has 4 aromatic rings. The number of nitrogens with zero attached hydrogens (tertiary/aromatic N) is 9. The molecule has 0 radical (unpaired) electrons. The van der Waals surface area contributed by atoms with Crippen molar-refractivity contribution >= 4 is 43.9 Å². The maximum absolute atomic E-state index is 14.9. The summed E-state index contributed by atoms with van der Waals surface area (Å²) in [5.74, 6) is 0.486. The highest BCUT2D eigenvalue weighted by atomic mass is 32.2. The summed E-state index contributed by atoms with van der Waals surface area (Å²) in [6.07, 6.45) is -0.571. The Labute approximate surface area is 297 Å². The van der Waals surface area contributed by atoms with Gasteiger partial charge in [0.1, 0.15) is 18.0 Å². The van der Waals surface area contributed by atoms with Crippen molar-refractivity contribution in [1.29, 1.82) is 5.26 Å². The van der Waals surface area contributed by atoms with Gasteiger partial charge in [0.25, 0.3) is 6.43 Å². The normalized spacial score (nSPS) is 19.6. The van der Waals surface area contributed by atoms with Gasteiger partial charge in [0.05, 0.1) is 42.1 Å². The van der Waals surface area contributed by atoms with Gasteiger partial charge in [0, 0.05) is 43.0 Å². The number of piperazine rings is 1. The minimum Gasteiger partial charge on any atom is -0.497 e. The molecular weight excluding hydrogens is 701 g/mol. The van der Waals surface area contributed by atoms with Crippen LogP contribution >= 0.6 is 11.3 Å². The minimum atomic E-state index is -4.39. The predicted molar refractivity (Wildman–Crippen MR) is 184 cm³/mol. The molecule has 2 aliphatic heterocycles. The van der Waals surface area contributed by atoms with Crippen LogP contribution in [-0.2, 0) is 27.9 Å². The zero-order valence-electron chi connectivity index (χ0n) is 28.2. The van der Waals surface area contributed by atoms with Gasteiger partial charge in [0.2, 0.25) is 15.9 Å². The van der Waals surface area contributed by atoms with Crippen molar-refractivity contribution in [3.8, 4) is 22.5 Å². The molecule has 2 aromatic carbocycles. The Bertz CT molecular complexity index is 2170. The smallest absolute Gasteiger partial charge is 0.302 e. The van der Waals surface area contributed by atoms with Gasteiger partial charge in [0.15, 0.2) is 10.0 Å². The number of anilines is 1. The number of halogens is 2. The van der Waals surface area contributed by atoms with E-state index in [4.69, 9.17) is 11.3 Å². The molecule has 3 aliphatic rings. The maximum Gasteiger partial charge on any atom is 0.302 e. The summed E-state index contributed by atoms with van der Waals surface area (Å²) in [6, 6.07) is 11.8. The largest absolute Gasteiger partial charge is 0.497 e. The Balaban J connectivity index is 1.41. The van der Waals surface area contributed by atoms with E-state index in [9.17, 15) is 27.3 Å². The van der Waals surface area contributed by atoms with Crippen molar-refractivity contribution in [2.75, 3.05) is 25.1 Å². The van der Waals surface area contributed by atoms with Gasteiger partial charge < -0.3 is 14.5 Å². The van der Waals surface area contributed by atoms with Gasteiger partial charge in [-0.3, -0.25) is 9.64 Å². The number of nitriles is 1. The average Bonchev–Trinajstić information content (AvgIpc) is 3.45. The highest BCUT2D eigenvalue weighted by Crippen LogP contribution is 2.48. The Morgan fingerprint density at radius 2 is 1.86 bits per heavy atom. The fourth-order valence-corrected chi connectivity index (χ4v) is 9.65. The number of carbonyl (C=O) groups is 1. The van der Waals surface area contributed by atoms with E-state index in [-0.39, 0.29) is 52.6 Å². The zero-order valence-corrected chi connectivity index (χ0v) is 29.8. The molecule has 2 saturated heterocycles. The highest BCUT2D eigenvalue weighted by molar-refractivity contribution is 7.89. The molecule has 2 bridgehead atoms. The third-order valence-corrected chi connectivity index (χ3v) is 12.7. The quantitative estimate of drug-likeness (QED) is 0.184. The molecule has 1 saturated carbocycles. The second kappa shape index (κ2) is 13.1. The number of benzene rings is 2. The molecule has 4 heterocycles. The SMILES string of the molecule is [C-]#[N+]C1(N(Cc2ccc(OC)cc2)S(=O)(=O)c2cc(N3CC4CCC(C3)N4C(=O)C(C)C)c3c(c2)c(-c2nnc(C(F)F)s2)nn3CC#N)CC1. The zero-order chi connectivity index (χ0) is 36.2. The lowest BCUT2D eigenvalue weighted by atomic mass is 10.1. The third-order valence-electron chi connectivity index (χ3n) is 9.86. The van der Waals surface area contributed by atoms with E-state index in [1.807, 2.05) is 23.6 Å². The second-order valence-corrected chi connectivity index (χ2v) is 16.3. The molecule has 17 heteroatoms. The van der Waals surface area contributed by atoms with Crippen molar-refractivity contribution in [2.24, 2.45) is 5.92 Å². The van der Waals surface area contributed by atoms with Gasteiger partial charge in [-0.05, 0) is 42.7 Å². The molecule has 2 aromatic heterocycles. The summed E-state index contributed by atoms with van der Waals surface area (Å²) in [6.45, 7) is 12.3. The number of hydrogen-bond acceptors (Lipinski definition) is 10. The van der Waals surface area contributed by atoms with E-state index < -0.39 is 27.1 Å². The lowest BCUT2D eigenvalue weighted by Crippen LogP contribution is -2.57. The first-order valence-electron chi connectivity index (χ1n) is 16.6. The monoisotopic (exact) mass is 735 g/mol. The summed E-state index contributed by atoms with van der Waals surface area (Å²) in [5.41, 5.74) is 0.427. The fourth-order valence-electron chi connectivity index (χ4n) is 7.18. The Kier molecular flexibility index (Phi) is 8.93. The van der Waals surface area contributed by atoms with Crippen LogP contribution < -0.4 is 9.64 Å². The number of hydrogen-bond donors (Lipinski definition) is 0. The Morgan fingerprint density at radius 1 is 1.18 bits per heavy atom. The van der Waals surface area contributed by atoms with E-state index in [1.165, 1.54) is 22.2 Å². The number of alkyl halides is 2. The van der Waals surface area contributed by atoms with Crippen molar-refractivity contribution in [1.82, 2.24) is 29.2 Å². The van der Waals surface area contributed by atoms with Gasteiger partial charge in [-0.15, -0.1) is 14.5 Å². The van der Waals surface area contributed by atoms with Crippen LogP contribution in [0.25, 0.3) is 26.4 Å². The molecule has 51 heavy (non-hydrogen) atoms. The van der Waals surface area contributed by atoms with Gasteiger partial charge in [-0.25, -0.2) is 28.5 Å². The van der Waals surface area contributed by atoms with Crippen LogP contribution in [0.2, 0.25) is 0 Å². The van der Waals surface area contributed by atoms with Crippen molar-refractivity contribution in [2.45, 2.75) is 81.7 Å².